The molecule has 0 amide bonds. The Morgan fingerprint density at radius 2 is 0.833 bits per heavy atom. The van der Waals surface area contributed by atoms with Gasteiger partial charge in [-0.05, 0) is 38.5 Å². The van der Waals surface area contributed by atoms with Crippen molar-refractivity contribution in [3.05, 3.63) is 12.2 Å². The van der Waals surface area contributed by atoms with Crippen LogP contribution in [0.4, 0.5) is 0 Å². The number of aliphatic carboxylic acids is 2. The number of rotatable bonds is 37. The third-order valence-corrected chi connectivity index (χ3v) is 11.7. The van der Waals surface area contributed by atoms with E-state index in [0.717, 1.165) is 64.2 Å². The van der Waals surface area contributed by atoms with E-state index in [0.29, 0.717) is 12.8 Å². The molecule has 2 atom stereocenters. The number of hydrogen-bond donors (Lipinski definition) is 3. The van der Waals surface area contributed by atoms with Gasteiger partial charge in [0.1, 0.15) is 0 Å². The third-order valence-electron chi connectivity index (χ3n) is 10.1. The standard InChI is InChI=1S/C40H76O7S/c1-3-5-7-9-11-13-15-17-19-21-23-25-27-29-31-33-35-37(38(41)42)40(39(43)44,48(45,46)47)36-34-32-30-28-26-24-22-20-18-16-14-12-10-8-6-4-2/h18,20,37H,3-17,19,21-36H2,1-2H3,(H,41,42)(H,43,44)(H,45,46,47)/b20-18-. The minimum Gasteiger partial charge on any atom is -0.481 e. The van der Waals surface area contributed by atoms with Gasteiger partial charge in [-0.1, -0.05) is 193 Å². The van der Waals surface area contributed by atoms with Gasteiger partial charge in [-0.15, -0.1) is 0 Å². The van der Waals surface area contributed by atoms with Crippen molar-refractivity contribution < 1.29 is 32.8 Å². The molecule has 0 aromatic rings. The highest BCUT2D eigenvalue weighted by Gasteiger charge is 2.58. The zero-order chi connectivity index (χ0) is 35.8. The Balaban J connectivity index is 4.35. The average Bonchev–Trinajstić information content (AvgIpc) is 3.03. The molecule has 0 fully saturated rings. The van der Waals surface area contributed by atoms with E-state index in [2.05, 4.69) is 26.0 Å². The summed E-state index contributed by atoms with van der Waals surface area (Å²) in [7, 11) is -5.15. The molecule has 0 heterocycles. The summed E-state index contributed by atoms with van der Waals surface area (Å²) in [6.07, 6.45) is 37.5. The lowest BCUT2D eigenvalue weighted by Crippen LogP contribution is -2.55. The maximum atomic E-state index is 12.5. The number of carbonyl (C=O) groups is 2. The van der Waals surface area contributed by atoms with Gasteiger partial charge in [0.15, 0.2) is 0 Å². The summed E-state index contributed by atoms with van der Waals surface area (Å²) in [5, 5.41) is 20.0. The molecule has 0 spiro atoms. The van der Waals surface area contributed by atoms with E-state index < -0.39 is 39.1 Å². The van der Waals surface area contributed by atoms with E-state index in [1.165, 1.54) is 109 Å². The molecule has 0 saturated carbocycles. The second-order valence-corrected chi connectivity index (χ2v) is 16.0. The molecule has 3 N–H and O–H groups in total. The Morgan fingerprint density at radius 1 is 0.521 bits per heavy atom. The molecule has 2 unspecified atom stereocenters. The van der Waals surface area contributed by atoms with Crippen molar-refractivity contribution in [1.29, 1.82) is 0 Å². The third kappa shape index (κ3) is 23.1. The van der Waals surface area contributed by atoms with Crippen LogP contribution in [0, 0.1) is 5.92 Å². The molecule has 0 radical (unpaired) electrons. The molecule has 8 heteroatoms. The van der Waals surface area contributed by atoms with Gasteiger partial charge in [0, 0.05) is 0 Å². The maximum absolute atomic E-state index is 12.5. The van der Waals surface area contributed by atoms with E-state index in [1.54, 1.807) is 0 Å². The van der Waals surface area contributed by atoms with Gasteiger partial charge in [-0.25, -0.2) is 0 Å². The van der Waals surface area contributed by atoms with Gasteiger partial charge >= 0.3 is 11.9 Å². The summed E-state index contributed by atoms with van der Waals surface area (Å²) in [4.78, 5) is 24.6. The Morgan fingerprint density at radius 3 is 1.15 bits per heavy atom. The molecular weight excluding hydrogens is 625 g/mol. The average molecular weight is 701 g/mol. The summed E-state index contributed by atoms with van der Waals surface area (Å²) in [6.45, 7) is 4.48. The minimum atomic E-state index is -5.15. The summed E-state index contributed by atoms with van der Waals surface area (Å²) in [5.41, 5.74) is 0. The van der Waals surface area contributed by atoms with E-state index in [-0.39, 0.29) is 12.8 Å². The van der Waals surface area contributed by atoms with Gasteiger partial charge in [0.05, 0.1) is 5.92 Å². The van der Waals surface area contributed by atoms with Crippen molar-refractivity contribution >= 4 is 22.1 Å². The van der Waals surface area contributed by atoms with Gasteiger partial charge in [-0.3, -0.25) is 14.1 Å². The molecule has 0 aliphatic carbocycles. The topological polar surface area (TPSA) is 129 Å². The second kappa shape index (κ2) is 31.6. The van der Waals surface area contributed by atoms with Crippen LogP contribution in [0.2, 0.25) is 0 Å². The van der Waals surface area contributed by atoms with Crippen LogP contribution >= 0.6 is 0 Å². The van der Waals surface area contributed by atoms with Crippen LogP contribution in [0.15, 0.2) is 12.2 Å². The van der Waals surface area contributed by atoms with Crippen LogP contribution in [0.25, 0.3) is 0 Å². The zero-order valence-corrected chi connectivity index (χ0v) is 32.1. The van der Waals surface area contributed by atoms with E-state index in [1.807, 2.05) is 0 Å². The fraction of sp³-hybridized carbons (Fsp3) is 0.900. The fourth-order valence-corrected chi connectivity index (χ4v) is 8.14. The Hall–Kier alpha value is -1.41. The highest BCUT2D eigenvalue weighted by Crippen LogP contribution is 2.37. The number of carboxylic acids is 2. The van der Waals surface area contributed by atoms with Crippen LogP contribution in [-0.4, -0.2) is 39.9 Å². The van der Waals surface area contributed by atoms with Crippen molar-refractivity contribution in [2.45, 2.75) is 224 Å². The van der Waals surface area contributed by atoms with Gasteiger partial charge in [0.2, 0.25) is 4.75 Å². The smallest absolute Gasteiger partial charge is 0.328 e. The van der Waals surface area contributed by atoms with E-state index in [4.69, 9.17) is 0 Å². The van der Waals surface area contributed by atoms with Crippen LogP contribution in [0.5, 0.6) is 0 Å². The Kier molecular flexibility index (Phi) is 30.6. The quantitative estimate of drug-likeness (QED) is 0.0334. The number of unbranched alkanes of at least 4 members (excludes halogenated alkanes) is 27. The van der Waals surface area contributed by atoms with Crippen molar-refractivity contribution in [3.63, 3.8) is 0 Å². The largest absolute Gasteiger partial charge is 0.481 e. The van der Waals surface area contributed by atoms with Crippen LogP contribution < -0.4 is 0 Å². The van der Waals surface area contributed by atoms with Crippen LogP contribution in [0.3, 0.4) is 0 Å². The van der Waals surface area contributed by atoms with Crippen molar-refractivity contribution in [2.24, 2.45) is 5.92 Å². The Labute approximate surface area is 296 Å². The van der Waals surface area contributed by atoms with E-state index >= 15 is 0 Å². The first kappa shape index (κ1) is 46.6. The molecule has 0 aliphatic heterocycles. The van der Waals surface area contributed by atoms with E-state index in [9.17, 15) is 32.8 Å². The molecule has 7 nitrogen and oxygen atoms in total. The van der Waals surface area contributed by atoms with Gasteiger partial charge in [-0.2, -0.15) is 8.42 Å². The lowest BCUT2D eigenvalue weighted by Gasteiger charge is -2.32. The molecule has 0 bridgehead atoms. The molecule has 0 rings (SSSR count). The Bertz CT molecular complexity index is 901. The summed E-state index contributed by atoms with van der Waals surface area (Å²) >= 11 is 0. The first-order valence-electron chi connectivity index (χ1n) is 20.2. The number of allylic oxidation sites excluding steroid dienone is 2. The summed E-state index contributed by atoms with van der Waals surface area (Å²) in [6, 6.07) is 0. The summed E-state index contributed by atoms with van der Waals surface area (Å²) < 4.78 is 32.4. The van der Waals surface area contributed by atoms with Crippen molar-refractivity contribution in [1.82, 2.24) is 0 Å². The highest BCUT2D eigenvalue weighted by atomic mass is 32.2. The molecule has 0 aromatic carbocycles. The summed E-state index contributed by atoms with van der Waals surface area (Å²) in [5.74, 6) is -4.91. The highest BCUT2D eigenvalue weighted by molar-refractivity contribution is 7.88. The SMILES string of the molecule is CCCCCCCC/C=C\CCCCCCCCC(C(=O)O)(C(CCCCCCCCCCCCCCCCCC)C(=O)O)S(=O)(=O)O. The van der Waals surface area contributed by atoms with Crippen molar-refractivity contribution in [2.75, 3.05) is 0 Å². The maximum Gasteiger partial charge on any atom is 0.328 e. The van der Waals surface area contributed by atoms with Crippen molar-refractivity contribution in [3.8, 4) is 0 Å². The molecule has 0 saturated heterocycles. The minimum absolute atomic E-state index is 0.0771. The molecule has 284 valence electrons. The lowest BCUT2D eigenvalue weighted by molar-refractivity contribution is -0.152. The zero-order valence-electron chi connectivity index (χ0n) is 31.2. The second-order valence-electron chi connectivity index (χ2n) is 14.3. The number of carboxylic acid groups (broad SMARTS) is 2. The molecule has 48 heavy (non-hydrogen) atoms. The predicted molar refractivity (Wildman–Crippen MR) is 201 cm³/mol. The first-order valence-corrected chi connectivity index (χ1v) is 21.7. The lowest BCUT2D eigenvalue weighted by atomic mass is 9.82. The predicted octanol–water partition coefficient (Wildman–Crippen LogP) is 12.5. The molecule has 0 aromatic heterocycles. The molecule has 0 aliphatic rings. The molecular formula is C40H76O7S. The van der Waals surface area contributed by atoms with Crippen LogP contribution in [-0.2, 0) is 19.7 Å². The van der Waals surface area contributed by atoms with Crippen LogP contribution in [0.1, 0.15) is 219 Å². The first-order chi connectivity index (χ1) is 23.1. The monoisotopic (exact) mass is 701 g/mol. The number of hydrogen-bond acceptors (Lipinski definition) is 4. The van der Waals surface area contributed by atoms with Gasteiger partial charge in [0.25, 0.3) is 10.1 Å². The fourth-order valence-electron chi connectivity index (χ4n) is 6.94. The normalized spacial score (nSPS) is 14.0. The van der Waals surface area contributed by atoms with Gasteiger partial charge < -0.3 is 10.2 Å².